The summed E-state index contributed by atoms with van der Waals surface area (Å²) in [7, 11) is 0. The molecule has 2 fully saturated rings. The quantitative estimate of drug-likeness (QED) is 0.570. The first-order valence-electron chi connectivity index (χ1n) is 8.68. The van der Waals surface area contributed by atoms with Crippen LogP contribution < -0.4 is 9.80 Å². The Labute approximate surface area is 162 Å². The number of rotatable bonds is 2. The number of halogens is 1. The van der Waals surface area contributed by atoms with E-state index in [1.165, 1.54) is 17.2 Å². The maximum absolute atomic E-state index is 14.7. The molecular weight excluding hydrogens is 363 g/mol. The van der Waals surface area contributed by atoms with Gasteiger partial charge in [-0.2, -0.15) is 0 Å². The second kappa shape index (κ2) is 6.10. The van der Waals surface area contributed by atoms with E-state index in [1.54, 1.807) is 24.0 Å². The number of hydrogen-bond donors (Lipinski definition) is 0. The SMILES string of the molecule is [C-]#[N+]c1ncc(N2C(=O)C3(CCC3)N(c3ccc(C)cc3F)C2=S)cc1C. The molecule has 0 bridgehead atoms. The van der Waals surface area contributed by atoms with E-state index in [9.17, 15) is 9.18 Å². The van der Waals surface area contributed by atoms with E-state index in [0.717, 1.165) is 12.0 Å². The van der Waals surface area contributed by atoms with Gasteiger partial charge in [0, 0.05) is 0 Å². The van der Waals surface area contributed by atoms with Crippen LogP contribution in [0.5, 0.6) is 0 Å². The fourth-order valence-electron chi connectivity index (χ4n) is 3.77. The smallest absolute Gasteiger partial charge is 0.272 e. The molecule has 1 aromatic carbocycles. The van der Waals surface area contributed by atoms with Crippen LogP contribution in [0.3, 0.4) is 0 Å². The minimum Gasteiger partial charge on any atom is -0.360 e. The molecule has 2 aliphatic rings. The van der Waals surface area contributed by atoms with Gasteiger partial charge in [-0.15, -0.1) is 4.98 Å². The maximum atomic E-state index is 14.7. The molecule has 136 valence electrons. The van der Waals surface area contributed by atoms with Crippen molar-refractivity contribution in [1.82, 2.24) is 4.98 Å². The van der Waals surface area contributed by atoms with E-state index in [-0.39, 0.29) is 16.8 Å². The molecule has 0 radical (unpaired) electrons. The van der Waals surface area contributed by atoms with Crippen molar-refractivity contribution in [1.29, 1.82) is 0 Å². The molecule has 0 atom stereocenters. The summed E-state index contributed by atoms with van der Waals surface area (Å²) < 4.78 is 14.7. The Morgan fingerprint density at radius 1 is 1.30 bits per heavy atom. The molecule has 5 nitrogen and oxygen atoms in total. The van der Waals surface area contributed by atoms with Gasteiger partial charge in [-0.3, -0.25) is 9.69 Å². The number of pyridine rings is 1. The number of thiocarbonyl (C=S) groups is 1. The summed E-state index contributed by atoms with van der Waals surface area (Å²) in [6.45, 7) is 10.7. The molecule has 2 heterocycles. The van der Waals surface area contributed by atoms with Crippen molar-refractivity contribution in [3.63, 3.8) is 0 Å². The summed E-state index contributed by atoms with van der Waals surface area (Å²) >= 11 is 5.63. The fraction of sp³-hybridized carbons (Fsp3) is 0.300. The Balaban J connectivity index is 1.83. The van der Waals surface area contributed by atoms with Gasteiger partial charge in [0.2, 0.25) is 0 Å². The van der Waals surface area contributed by atoms with Gasteiger partial charge in [0.05, 0.1) is 11.4 Å². The summed E-state index contributed by atoms with van der Waals surface area (Å²) in [4.78, 5) is 23.9. The topological polar surface area (TPSA) is 40.8 Å². The number of nitrogens with zero attached hydrogens (tertiary/aromatic N) is 4. The molecule has 1 spiro atoms. The highest BCUT2D eigenvalue weighted by atomic mass is 32.1. The maximum Gasteiger partial charge on any atom is 0.272 e. The van der Waals surface area contributed by atoms with E-state index in [4.69, 9.17) is 18.8 Å². The van der Waals surface area contributed by atoms with Crippen LogP contribution >= 0.6 is 12.2 Å². The van der Waals surface area contributed by atoms with Gasteiger partial charge < -0.3 is 9.74 Å². The van der Waals surface area contributed by atoms with Crippen LogP contribution in [0.1, 0.15) is 30.4 Å². The van der Waals surface area contributed by atoms with Crippen molar-refractivity contribution < 1.29 is 9.18 Å². The van der Waals surface area contributed by atoms with E-state index >= 15 is 0 Å². The van der Waals surface area contributed by atoms with Crippen LogP contribution in [0.25, 0.3) is 4.85 Å². The molecule has 0 N–H and O–H groups in total. The first kappa shape index (κ1) is 17.6. The molecule has 27 heavy (non-hydrogen) atoms. The molecule has 1 saturated carbocycles. The van der Waals surface area contributed by atoms with E-state index in [1.807, 2.05) is 13.0 Å². The fourth-order valence-corrected chi connectivity index (χ4v) is 4.23. The number of benzene rings is 1. The van der Waals surface area contributed by atoms with Gasteiger partial charge in [-0.1, -0.05) is 12.6 Å². The number of aromatic nitrogens is 1. The number of carbonyl (C=O) groups excluding carboxylic acids is 1. The average Bonchev–Trinajstić information content (AvgIpc) is 2.82. The predicted octanol–water partition coefficient (Wildman–Crippen LogP) is 4.45. The second-order valence-corrected chi connectivity index (χ2v) is 7.41. The molecule has 1 aromatic heterocycles. The molecule has 0 unspecified atom stereocenters. The lowest BCUT2D eigenvalue weighted by Gasteiger charge is -2.43. The van der Waals surface area contributed by atoms with Gasteiger partial charge in [0.25, 0.3) is 11.7 Å². The molecule has 7 heteroatoms. The normalized spacial score (nSPS) is 18.0. The number of amides is 1. The predicted molar refractivity (Wildman–Crippen MR) is 106 cm³/mol. The third-order valence-electron chi connectivity index (χ3n) is 5.34. The van der Waals surface area contributed by atoms with Gasteiger partial charge in [0.15, 0.2) is 5.11 Å². The summed E-state index contributed by atoms with van der Waals surface area (Å²) in [5, 5.41) is 0.249. The van der Waals surface area contributed by atoms with Crippen LogP contribution in [0.4, 0.5) is 21.6 Å². The van der Waals surface area contributed by atoms with Crippen molar-refractivity contribution in [2.24, 2.45) is 0 Å². The first-order valence-corrected chi connectivity index (χ1v) is 9.09. The molecule has 4 rings (SSSR count). The van der Waals surface area contributed by atoms with Crippen molar-refractivity contribution in [2.75, 3.05) is 9.80 Å². The van der Waals surface area contributed by atoms with Crippen molar-refractivity contribution in [2.45, 2.75) is 38.6 Å². The van der Waals surface area contributed by atoms with Gasteiger partial charge in [-0.25, -0.2) is 4.39 Å². The Kier molecular flexibility index (Phi) is 3.97. The molecule has 1 amide bonds. The summed E-state index contributed by atoms with van der Waals surface area (Å²) in [6.07, 6.45) is 3.62. The third-order valence-corrected chi connectivity index (χ3v) is 5.70. The Morgan fingerprint density at radius 3 is 2.59 bits per heavy atom. The largest absolute Gasteiger partial charge is 0.360 e. The standard InChI is InChI=1S/C20H17FN4OS/c1-12-5-6-16(15(21)9-12)25-19(27)24(18(26)20(25)7-4-8-20)14-10-13(2)17(22-3)23-11-14/h5-6,9-11H,4,7-8H2,1-2H3. The number of anilines is 2. The minimum atomic E-state index is -0.834. The zero-order valence-corrected chi connectivity index (χ0v) is 15.8. The third kappa shape index (κ3) is 2.44. The minimum absolute atomic E-state index is 0.157. The highest BCUT2D eigenvalue weighted by Crippen LogP contribution is 2.48. The van der Waals surface area contributed by atoms with Gasteiger partial charge in [-0.05, 0) is 74.7 Å². The number of carbonyl (C=O) groups is 1. The highest BCUT2D eigenvalue weighted by Gasteiger charge is 2.60. The summed E-state index contributed by atoms with van der Waals surface area (Å²) in [6, 6.07) is 6.68. The second-order valence-electron chi connectivity index (χ2n) is 7.04. The Bertz CT molecular complexity index is 1030. The van der Waals surface area contributed by atoms with Gasteiger partial charge >= 0.3 is 0 Å². The molecular formula is C20H17FN4OS. The molecule has 1 saturated heterocycles. The van der Waals surface area contributed by atoms with Crippen molar-refractivity contribution in [3.8, 4) is 0 Å². The van der Waals surface area contributed by atoms with E-state index < -0.39 is 11.4 Å². The van der Waals surface area contributed by atoms with E-state index in [2.05, 4.69) is 9.83 Å². The molecule has 1 aliphatic heterocycles. The van der Waals surface area contributed by atoms with Crippen LogP contribution in [0, 0.1) is 26.2 Å². The Morgan fingerprint density at radius 2 is 2.04 bits per heavy atom. The summed E-state index contributed by atoms with van der Waals surface area (Å²) in [5.74, 6) is -0.262. The van der Waals surface area contributed by atoms with E-state index in [0.29, 0.717) is 29.8 Å². The lowest BCUT2D eigenvalue weighted by molar-refractivity contribution is -0.123. The van der Waals surface area contributed by atoms with Crippen LogP contribution in [0.15, 0.2) is 30.5 Å². The monoisotopic (exact) mass is 380 g/mol. The number of aryl methyl sites for hydroxylation is 2. The lowest BCUT2D eigenvalue weighted by atomic mass is 9.75. The Hall–Kier alpha value is -2.85. The number of hydrogen-bond acceptors (Lipinski definition) is 3. The molecule has 1 aliphatic carbocycles. The average molecular weight is 380 g/mol. The van der Waals surface area contributed by atoms with Crippen molar-refractivity contribution in [3.05, 3.63) is 58.8 Å². The first-order chi connectivity index (χ1) is 12.9. The van der Waals surface area contributed by atoms with Gasteiger partial charge in [0.1, 0.15) is 17.6 Å². The zero-order chi connectivity index (χ0) is 19.3. The van der Waals surface area contributed by atoms with Crippen LogP contribution in [0.2, 0.25) is 0 Å². The van der Waals surface area contributed by atoms with Crippen molar-refractivity contribution >= 4 is 40.4 Å². The lowest BCUT2D eigenvalue weighted by Crippen LogP contribution is -2.55. The summed E-state index contributed by atoms with van der Waals surface area (Å²) in [5.41, 5.74) is 1.47. The highest BCUT2D eigenvalue weighted by molar-refractivity contribution is 7.81. The van der Waals surface area contributed by atoms with Crippen LogP contribution in [-0.2, 0) is 4.79 Å². The molecule has 2 aromatic rings. The zero-order valence-electron chi connectivity index (χ0n) is 15.0. The van der Waals surface area contributed by atoms with Crippen LogP contribution in [-0.4, -0.2) is 21.5 Å².